The Kier molecular flexibility index (Phi) is 4.71. The summed E-state index contributed by atoms with van der Waals surface area (Å²) in [6.45, 7) is 0. The van der Waals surface area contributed by atoms with Gasteiger partial charge in [0.1, 0.15) is 0 Å². The van der Waals surface area contributed by atoms with Gasteiger partial charge in [-0.1, -0.05) is 0 Å². The van der Waals surface area contributed by atoms with E-state index < -0.39 is 17.7 Å². The van der Waals surface area contributed by atoms with E-state index >= 15 is 0 Å². The molecule has 2 heterocycles. The lowest BCUT2D eigenvalue weighted by Crippen LogP contribution is -2.48. The van der Waals surface area contributed by atoms with Gasteiger partial charge in [-0.3, -0.25) is 0 Å². The van der Waals surface area contributed by atoms with Gasteiger partial charge in [0, 0.05) is 11.5 Å². The molecule has 9 heteroatoms. The van der Waals surface area contributed by atoms with Crippen molar-refractivity contribution in [1.29, 1.82) is 0 Å². The highest BCUT2D eigenvalue weighted by Crippen LogP contribution is 2.35. The van der Waals surface area contributed by atoms with Crippen LogP contribution in [-0.4, -0.2) is 60.5 Å². The first-order valence-corrected chi connectivity index (χ1v) is 7.17. The quantitative estimate of drug-likeness (QED) is 0.740. The number of carbonyl (C=O) groups is 1. The zero-order chi connectivity index (χ0) is 15.5. The molecule has 0 N–H and O–H groups in total. The van der Waals surface area contributed by atoms with Gasteiger partial charge in [-0.25, -0.2) is 9.18 Å². The first-order valence-electron chi connectivity index (χ1n) is 6.02. The molecule has 2 rings (SSSR count). The summed E-state index contributed by atoms with van der Waals surface area (Å²) in [7, 11) is 3.98. The van der Waals surface area contributed by atoms with E-state index in [0.717, 1.165) is 7.11 Å². The maximum atomic E-state index is 14.7. The number of esters is 1. The third-order valence-electron chi connectivity index (χ3n) is 2.94. The molecule has 0 bridgehead atoms. The predicted octanol–water partition coefficient (Wildman–Crippen LogP) is 0.869. The van der Waals surface area contributed by atoms with Crippen molar-refractivity contribution in [3.05, 3.63) is 6.07 Å². The second kappa shape index (κ2) is 6.33. The van der Waals surface area contributed by atoms with E-state index in [1.54, 1.807) is 0 Å². The Bertz CT molecular complexity index is 510. The number of ether oxygens (including phenoxy) is 4. The Morgan fingerprint density at radius 1 is 1.33 bits per heavy atom. The minimum Gasteiger partial charge on any atom is -0.481 e. The number of thioether (sulfide) groups is 1. The van der Waals surface area contributed by atoms with Gasteiger partial charge in [0.15, 0.2) is 6.10 Å². The van der Waals surface area contributed by atoms with Gasteiger partial charge in [-0.15, -0.1) is 0 Å². The van der Waals surface area contributed by atoms with E-state index in [-0.39, 0.29) is 29.3 Å². The molecule has 0 spiro atoms. The Hall–Kier alpha value is -1.77. The zero-order valence-corrected chi connectivity index (χ0v) is 12.6. The Morgan fingerprint density at radius 3 is 2.48 bits per heavy atom. The van der Waals surface area contributed by atoms with Crippen molar-refractivity contribution in [2.45, 2.75) is 11.8 Å². The van der Waals surface area contributed by atoms with E-state index in [1.165, 1.54) is 32.0 Å². The second-order valence-corrected chi connectivity index (χ2v) is 5.24. The maximum absolute atomic E-state index is 14.7. The molecule has 1 saturated heterocycles. The van der Waals surface area contributed by atoms with Crippen LogP contribution in [0.25, 0.3) is 0 Å². The van der Waals surface area contributed by atoms with Gasteiger partial charge in [-0.2, -0.15) is 21.7 Å². The second-order valence-electron chi connectivity index (χ2n) is 4.21. The van der Waals surface area contributed by atoms with Crippen molar-refractivity contribution in [2.24, 2.45) is 0 Å². The highest BCUT2D eigenvalue weighted by Gasteiger charge is 2.54. The van der Waals surface area contributed by atoms with Gasteiger partial charge in [0.05, 0.1) is 27.4 Å². The Morgan fingerprint density at radius 2 is 1.95 bits per heavy atom. The zero-order valence-electron chi connectivity index (χ0n) is 11.8. The number of halogens is 1. The van der Waals surface area contributed by atoms with Gasteiger partial charge in [0.2, 0.25) is 11.8 Å². The average Bonchev–Trinajstić information content (AvgIpc) is 2.88. The topological polar surface area (TPSA) is 79.8 Å². The van der Waals surface area contributed by atoms with Crippen molar-refractivity contribution >= 4 is 17.7 Å². The van der Waals surface area contributed by atoms with Crippen LogP contribution in [0.15, 0.2) is 6.07 Å². The van der Waals surface area contributed by atoms with Crippen LogP contribution in [0.4, 0.5) is 4.39 Å². The molecule has 0 aromatic carbocycles. The molecule has 1 aromatic rings. The summed E-state index contributed by atoms with van der Waals surface area (Å²) in [6.07, 6.45) is -1.04. The molecule has 2 atom stereocenters. The lowest BCUT2D eigenvalue weighted by Gasteiger charge is -2.23. The number of nitrogens with zero attached hydrogens (tertiary/aromatic N) is 2. The molecule has 21 heavy (non-hydrogen) atoms. The predicted molar refractivity (Wildman–Crippen MR) is 72.7 cm³/mol. The fourth-order valence-corrected chi connectivity index (χ4v) is 3.06. The van der Waals surface area contributed by atoms with Gasteiger partial charge in [0.25, 0.3) is 5.67 Å². The van der Waals surface area contributed by atoms with Crippen LogP contribution in [0, 0.1) is 0 Å². The normalized spacial score (nSPS) is 24.5. The van der Waals surface area contributed by atoms with Crippen molar-refractivity contribution in [3.63, 3.8) is 0 Å². The molecule has 0 saturated carbocycles. The summed E-state index contributed by atoms with van der Waals surface area (Å²) >= 11 is 1.25. The number of alkyl halides is 1. The van der Waals surface area contributed by atoms with Gasteiger partial charge >= 0.3 is 12.0 Å². The van der Waals surface area contributed by atoms with E-state index in [4.69, 9.17) is 14.2 Å². The van der Waals surface area contributed by atoms with Crippen LogP contribution >= 0.6 is 11.8 Å². The molecule has 1 aromatic heterocycles. The maximum Gasteiger partial charge on any atom is 0.348 e. The highest BCUT2D eigenvalue weighted by atomic mass is 32.2. The monoisotopic (exact) mass is 318 g/mol. The van der Waals surface area contributed by atoms with Crippen LogP contribution in [0.5, 0.6) is 17.8 Å². The van der Waals surface area contributed by atoms with Crippen molar-refractivity contribution < 1.29 is 28.1 Å². The molecule has 1 aliphatic heterocycles. The van der Waals surface area contributed by atoms with Crippen LogP contribution in [0.3, 0.4) is 0 Å². The number of methoxy groups -OCH3 is 3. The Labute approximate surface area is 125 Å². The van der Waals surface area contributed by atoms with Crippen molar-refractivity contribution in [1.82, 2.24) is 9.97 Å². The van der Waals surface area contributed by atoms with Gasteiger partial charge < -0.3 is 18.9 Å². The molecule has 1 fully saturated rings. The lowest BCUT2D eigenvalue weighted by atomic mass is 10.0. The fraction of sp³-hybridized carbons (Fsp3) is 0.583. The van der Waals surface area contributed by atoms with Crippen LogP contribution < -0.4 is 14.2 Å². The van der Waals surface area contributed by atoms with Crippen molar-refractivity contribution in [2.75, 3.05) is 32.8 Å². The minimum atomic E-state index is -2.22. The molecule has 7 nitrogen and oxygen atoms in total. The number of hydrogen-bond acceptors (Lipinski definition) is 8. The van der Waals surface area contributed by atoms with Crippen molar-refractivity contribution in [3.8, 4) is 17.8 Å². The summed E-state index contributed by atoms with van der Waals surface area (Å²) in [5.74, 6) is -0.290. The van der Waals surface area contributed by atoms with E-state index in [9.17, 15) is 9.18 Å². The molecule has 0 amide bonds. The van der Waals surface area contributed by atoms with E-state index in [1.807, 2.05) is 0 Å². The first-order chi connectivity index (χ1) is 10.0. The van der Waals surface area contributed by atoms with Crippen LogP contribution in [0.2, 0.25) is 0 Å². The van der Waals surface area contributed by atoms with E-state index in [0.29, 0.717) is 0 Å². The molecule has 1 aliphatic rings. The number of hydrogen-bond donors (Lipinski definition) is 0. The first kappa shape index (κ1) is 15.6. The molecular formula is C12H15FN2O5S. The fourth-order valence-electron chi connectivity index (χ4n) is 1.80. The highest BCUT2D eigenvalue weighted by molar-refractivity contribution is 7.99. The number of carbonyl (C=O) groups excluding carboxylic acids is 1. The number of rotatable bonds is 5. The molecule has 0 aliphatic carbocycles. The SMILES string of the molecule is COC(=O)C1(F)CSCC1Oc1nc(OC)cc(OC)n1. The smallest absolute Gasteiger partial charge is 0.348 e. The summed E-state index contributed by atoms with van der Waals surface area (Å²) < 4.78 is 34.6. The lowest BCUT2D eigenvalue weighted by molar-refractivity contribution is -0.158. The van der Waals surface area contributed by atoms with E-state index in [2.05, 4.69) is 14.7 Å². The van der Waals surface area contributed by atoms with Crippen LogP contribution in [-0.2, 0) is 9.53 Å². The summed E-state index contributed by atoms with van der Waals surface area (Å²) in [6, 6.07) is 1.34. The summed E-state index contributed by atoms with van der Waals surface area (Å²) in [5.41, 5.74) is -2.22. The molecule has 116 valence electrons. The summed E-state index contributed by atoms with van der Waals surface area (Å²) in [5, 5.41) is 0. The standard InChI is InChI=1S/C12H15FN2O5S/c1-17-8-4-9(18-2)15-11(14-8)20-7-5-21-6-12(7,13)10(16)19-3/h4,7H,5-6H2,1-3H3. The molecule has 0 radical (unpaired) electrons. The average molecular weight is 318 g/mol. The largest absolute Gasteiger partial charge is 0.481 e. The molecule has 2 unspecified atom stereocenters. The third kappa shape index (κ3) is 3.12. The molecular weight excluding hydrogens is 303 g/mol. The summed E-state index contributed by atoms with van der Waals surface area (Å²) in [4.78, 5) is 19.5. The minimum absolute atomic E-state index is 0.0363. The third-order valence-corrected chi connectivity index (χ3v) is 4.10. The van der Waals surface area contributed by atoms with Crippen LogP contribution in [0.1, 0.15) is 0 Å². The van der Waals surface area contributed by atoms with Gasteiger partial charge in [-0.05, 0) is 0 Å². The number of aromatic nitrogens is 2. The Balaban J connectivity index is 2.22.